The number of allylic oxidation sites excluding steroid dienone is 1. The highest BCUT2D eigenvalue weighted by Crippen LogP contribution is 2.53. The second-order valence-corrected chi connectivity index (χ2v) is 8.10. The third-order valence-electron chi connectivity index (χ3n) is 6.47. The van der Waals surface area contributed by atoms with E-state index in [1.54, 1.807) is 0 Å². The van der Waals surface area contributed by atoms with Gasteiger partial charge in [0.15, 0.2) is 0 Å². The zero-order chi connectivity index (χ0) is 18.4. The first kappa shape index (κ1) is 20.3. The zero-order valence-electron chi connectivity index (χ0n) is 16.8. The average molecular weight is 352 g/mol. The van der Waals surface area contributed by atoms with Crippen LogP contribution in [0.5, 0.6) is 0 Å². The number of amides is 1. The number of ether oxygens (including phenoxy) is 2. The molecule has 2 rings (SSSR count). The first-order valence-corrected chi connectivity index (χ1v) is 10.2. The number of rotatable bonds is 8. The van der Waals surface area contributed by atoms with Crippen LogP contribution < -0.4 is 5.32 Å². The van der Waals surface area contributed by atoms with Gasteiger partial charge in [0.05, 0.1) is 12.7 Å². The number of carbonyl (C=O) groups excluding carboxylic acids is 1. The Morgan fingerprint density at radius 1 is 1.32 bits per heavy atom. The third-order valence-corrected chi connectivity index (χ3v) is 6.47. The summed E-state index contributed by atoms with van der Waals surface area (Å²) >= 11 is 0. The average Bonchev–Trinajstić information content (AvgIpc) is 2.58. The van der Waals surface area contributed by atoms with Gasteiger partial charge >= 0.3 is 6.09 Å². The Hall–Kier alpha value is -1.03. The van der Waals surface area contributed by atoms with E-state index in [1.165, 1.54) is 18.4 Å². The van der Waals surface area contributed by atoms with E-state index < -0.39 is 0 Å². The van der Waals surface area contributed by atoms with Crippen molar-refractivity contribution in [1.82, 2.24) is 5.32 Å². The normalized spacial score (nSPS) is 34.4. The molecule has 25 heavy (non-hydrogen) atoms. The molecule has 1 N–H and O–H groups in total. The molecular weight excluding hydrogens is 314 g/mol. The van der Waals surface area contributed by atoms with E-state index >= 15 is 0 Å². The molecule has 0 radical (unpaired) electrons. The van der Waals surface area contributed by atoms with Gasteiger partial charge in [-0.05, 0) is 31.6 Å². The zero-order valence-corrected chi connectivity index (χ0v) is 16.8. The number of carbonyl (C=O) groups is 1. The minimum absolute atomic E-state index is 0.102. The second kappa shape index (κ2) is 9.07. The molecule has 1 amide bonds. The maximum absolute atomic E-state index is 12.0. The number of fused-ring (bicyclic) bond motifs is 2. The Morgan fingerprint density at radius 3 is 2.72 bits per heavy atom. The van der Waals surface area contributed by atoms with E-state index in [1.807, 2.05) is 0 Å². The summed E-state index contributed by atoms with van der Waals surface area (Å²) in [5.74, 6) is 1.27. The van der Waals surface area contributed by atoms with Crippen LogP contribution in [0.1, 0.15) is 66.7 Å². The minimum Gasteiger partial charge on any atom is -0.449 e. The van der Waals surface area contributed by atoms with E-state index in [-0.39, 0.29) is 11.5 Å². The standard InChI is InChI=1S/C21H37NO3/c1-6-8-10-18-19-15(3)12-16(4)21(13-24-18,17(19)5)14-25-20(23)22-11-9-7-2/h12,16-19H,6-11,13-14H2,1-5H3,(H,22,23)/t16-,17+,18-,19+,21+/m0/s1. The maximum Gasteiger partial charge on any atom is 0.407 e. The molecule has 1 saturated heterocycles. The molecule has 1 aliphatic carbocycles. The van der Waals surface area contributed by atoms with Crippen molar-refractivity contribution in [2.24, 2.45) is 23.2 Å². The topological polar surface area (TPSA) is 47.6 Å². The summed E-state index contributed by atoms with van der Waals surface area (Å²) < 4.78 is 12.0. The predicted octanol–water partition coefficient (Wildman–Crippen LogP) is 4.94. The molecule has 4 heteroatoms. The highest BCUT2D eigenvalue weighted by molar-refractivity contribution is 5.67. The number of hydrogen-bond donors (Lipinski definition) is 1. The van der Waals surface area contributed by atoms with Crippen LogP contribution >= 0.6 is 0 Å². The molecule has 0 saturated carbocycles. The Balaban J connectivity index is 2.05. The van der Waals surface area contributed by atoms with Crippen LogP contribution in [0.3, 0.4) is 0 Å². The van der Waals surface area contributed by atoms with Crippen molar-refractivity contribution < 1.29 is 14.3 Å². The fraction of sp³-hybridized carbons (Fsp3) is 0.857. The van der Waals surface area contributed by atoms with Gasteiger partial charge in [0, 0.05) is 17.9 Å². The van der Waals surface area contributed by atoms with Crippen molar-refractivity contribution in [1.29, 1.82) is 0 Å². The Kier molecular flexibility index (Phi) is 7.36. The summed E-state index contributed by atoms with van der Waals surface area (Å²) in [6.07, 6.45) is 8.00. The molecule has 144 valence electrons. The highest BCUT2D eigenvalue weighted by Gasteiger charge is 2.53. The quantitative estimate of drug-likeness (QED) is 0.498. The van der Waals surface area contributed by atoms with Crippen LogP contribution in [0.2, 0.25) is 0 Å². The lowest BCUT2D eigenvalue weighted by atomic mass is 9.56. The fourth-order valence-corrected chi connectivity index (χ4v) is 4.67. The van der Waals surface area contributed by atoms with Crippen LogP contribution in [-0.2, 0) is 9.47 Å². The molecule has 4 nitrogen and oxygen atoms in total. The summed E-state index contributed by atoms with van der Waals surface area (Å²) in [5.41, 5.74) is 1.35. The van der Waals surface area contributed by atoms with Crippen molar-refractivity contribution in [3.63, 3.8) is 0 Å². The Bertz CT molecular complexity index is 476. The van der Waals surface area contributed by atoms with Crippen molar-refractivity contribution in [3.05, 3.63) is 11.6 Å². The van der Waals surface area contributed by atoms with Gasteiger partial charge in [0.1, 0.15) is 6.61 Å². The van der Waals surface area contributed by atoms with E-state index in [9.17, 15) is 4.79 Å². The number of hydrogen-bond acceptors (Lipinski definition) is 3. The summed E-state index contributed by atoms with van der Waals surface area (Å²) in [6, 6.07) is 0. The maximum atomic E-state index is 12.0. The molecule has 2 aliphatic rings. The van der Waals surface area contributed by atoms with Crippen LogP contribution in [0, 0.1) is 23.2 Å². The van der Waals surface area contributed by atoms with Gasteiger partial charge in [-0.2, -0.15) is 0 Å². The monoisotopic (exact) mass is 351 g/mol. The molecule has 0 aromatic heterocycles. The van der Waals surface area contributed by atoms with Gasteiger partial charge in [0.25, 0.3) is 0 Å². The molecule has 1 aliphatic heterocycles. The number of unbranched alkanes of at least 4 members (excludes halogenated alkanes) is 2. The number of nitrogens with one attached hydrogen (secondary N) is 1. The minimum atomic E-state index is -0.293. The molecule has 2 bridgehead atoms. The lowest BCUT2D eigenvalue weighted by Gasteiger charge is -2.55. The molecule has 0 unspecified atom stereocenters. The van der Waals surface area contributed by atoms with Gasteiger partial charge < -0.3 is 14.8 Å². The highest BCUT2D eigenvalue weighted by atomic mass is 16.6. The van der Waals surface area contributed by atoms with E-state index in [2.05, 4.69) is 46.0 Å². The molecular formula is C21H37NO3. The van der Waals surface area contributed by atoms with Crippen LogP contribution in [0.25, 0.3) is 0 Å². The third kappa shape index (κ3) is 4.39. The molecule has 0 aromatic rings. The lowest BCUT2D eigenvalue weighted by Crippen LogP contribution is -2.57. The van der Waals surface area contributed by atoms with Gasteiger partial charge in [-0.25, -0.2) is 4.79 Å². The summed E-state index contributed by atoms with van der Waals surface area (Å²) in [6.45, 7) is 13.0. The first-order chi connectivity index (χ1) is 12.0. The second-order valence-electron chi connectivity index (χ2n) is 8.10. The summed E-state index contributed by atoms with van der Waals surface area (Å²) in [5, 5.41) is 2.85. The molecule has 1 fully saturated rings. The molecule has 5 atom stereocenters. The van der Waals surface area contributed by atoms with Gasteiger partial charge in [-0.3, -0.25) is 0 Å². The van der Waals surface area contributed by atoms with Crippen molar-refractivity contribution >= 4 is 6.09 Å². The van der Waals surface area contributed by atoms with E-state index in [0.717, 1.165) is 19.3 Å². The molecule has 0 spiro atoms. The summed E-state index contributed by atoms with van der Waals surface area (Å²) in [7, 11) is 0. The van der Waals surface area contributed by atoms with Crippen LogP contribution in [0.15, 0.2) is 11.6 Å². The Morgan fingerprint density at radius 2 is 2.04 bits per heavy atom. The molecule has 0 aromatic carbocycles. The van der Waals surface area contributed by atoms with Crippen molar-refractivity contribution in [2.75, 3.05) is 19.8 Å². The fourth-order valence-electron chi connectivity index (χ4n) is 4.67. The van der Waals surface area contributed by atoms with E-state index in [0.29, 0.717) is 43.6 Å². The number of alkyl carbamates (subject to hydrolysis) is 1. The van der Waals surface area contributed by atoms with Crippen molar-refractivity contribution in [3.8, 4) is 0 Å². The summed E-state index contributed by atoms with van der Waals surface area (Å²) in [4.78, 5) is 12.0. The van der Waals surface area contributed by atoms with Gasteiger partial charge in [0.2, 0.25) is 0 Å². The van der Waals surface area contributed by atoms with E-state index in [4.69, 9.17) is 9.47 Å². The van der Waals surface area contributed by atoms with Gasteiger partial charge in [-0.15, -0.1) is 0 Å². The SMILES string of the molecule is CCCCNC(=O)OC[C@]12CO[C@@H](CCCC)[C@H](C(C)=C[C@@H]1C)[C@H]2C. The smallest absolute Gasteiger partial charge is 0.407 e. The molecule has 1 heterocycles. The van der Waals surface area contributed by atoms with Crippen LogP contribution in [-0.4, -0.2) is 32.0 Å². The largest absolute Gasteiger partial charge is 0.449 e. The van der Waals surface area contributed by atoms with Crippen molar-refractivity contribution in [2.45, 2.75) is 72.8 Å². The van der Waals surface area contributed by atoms with Gasteiger partial charge in [-0.1, -0.05) is 58.6 Å². The Labute approximate surface area is 153 Å². The predicted molar refractivity (Wildman–Crippen MR) is 102 cm³/mol. The van der Waals surface area contributed by atoms with Crippen LogP contribution in [0.4, 0.5) is 4.79 Å². The first-order valence-electron chi connectivity index (χ1n) is 10.2. The lowest BCUT2D eigenvalue weighted by molar-refractivity contribution is -0.165.